The van der Waals surface area contributed by atoms with Gasteiger partial charge in [0.05, 0.1) is 24.1 Å². The van der Waals surface area contributed by atoms with Crippen molar-refractivity contribution in [1.82, 2.24) is 9.88 Å². The lowest BCUT2D eigenvalue weighted by atomic mass is 9.90. The highest BCUT2D eigenvalue weighted by Gasteiger charge is 2.31. The van der Waals surface area contributed by atoms with Gasteiger partial charge in [0, 0.05) is 23.1 Å². The highest BCUT2D eigenvalue weighted by Crippen LogP contribution is 2.30. The fraction of sp³-hybridized carbons (Fsp3) is 0.407. The average Bonchev–Trinajstić information content (AvgIpc) is 3.19. The number of fused-ring (bicyclic) bond motifs is 3. The number of aromatic nitrogens is 1. The van der Waals surface area contributed by atoms with E-state index in [0.717, 1.165) is 21.8 Å². The third-order valence-electron chi connectivity index (χ3n) is 6.04. The molecular weight excluding hydrogens is 451 g/mol. The van der Waals surface area contributed by atoms with E-state index in [1.165, 1.54) is 0 Å². The molecule has 0 bridgehead atoms. The number of Topliss-reactive ketones (excluding diaryl/α,β-unsaturated/α-hetero) is 1. The summed E-state index contributed by atoms with van der Waals surface area (Å²) in [6.45, 7) is 4.26. The molecule has 1 heterocycles. The van der Waals surface area contributed by atoms with E-state index in [-0.39, 0.29) is 24.9 Å². The Morgan fingerprint density at radius 1 is 0.943 bits per heavy atom. The molecule has 1 N–H and O–H groups in total. The number of ketones is 1. The van der Waals surface area contributed by atoms with E-state index in [1.807, 2.05) is 55.5 Å². The lowest BCUT2D eigenvalue weighted by Crippen LogP contribution is -2.47. The average molecular weight is 483 g/mol. The molecule has 0 aliphatic carbocycles. The summed E-state index contributed by atoms with van der Waals surface area (Å²) >= 11 is 0. The number of alkyl halides is 1. The molecule has 186 valence electrons. The maximum atomic E-state index is 13.5. The van der Waals surface area contributed by atoms with Crippen LogP contribution in [0.15, 0.2) is 48.5 Å². The van der Waals surface area contributed by atoms with Gasteiger partial charge >= 0.3 is 5.97 Å². The largest absolute Gasteiger partial charge is 0.466 e. The number of ether oxygens (including phenoxy) is 1. The van der Waals surface area contributed by atoms with E-state index in [0.29, 0.717) is 6.42 Å². The Kier molecular flexibility index (Phi) is 8.73. The Bertz CT molecular complexity index is 1180. The van der Waals surface area contributed by atoms with Crippen molar-refractivity contribution in [3.8, 4) is 0 Å². The van der Waals surface area contributed by atoms with Crippen LogP contribution in [0.4, 0.5) is 4.39 Å². The van der Waals surface area contributed by atoms with Gasteiger partial charge in [-0.25, -0.2) is 4.39 Å². The van der Waals surface area contributed by atoms with Crippen molar-refractivity contribution in [2.75, 3.05) is 13.3 Å². The first kappa shape index (κ1) is 26.1. The van der Waals surface area contributed by atoms with Crippen LogP contribution in [0, 0.1) is 11.8 Å². The first-order valence-corrected chi connectivity index (χ1v) is 11.8. The maximum Gasteiger partial charge on any atom is 0.308 e. The van der Waals surface area contributed by atoms with Gasteiger partial charge < -0.3 is 10.1 Å². The lowest BCUT2D eigenvalue weighted by Gasteiger charge is -2.23. The number of para-hydroxylation sites is 2. The van der Waals surface area contributed by atoms with Crippen LogP contribution in [-0.4, -0.2) is 47.5 Å². The molecule has 8 heteroatoms. The SMILES string of the molecule is CCCOC(=O)CC(NC(=O)[C@H](CC(=O)n1c2ccccc2c2ccccc21)C(C)C)C(=O)CF. The van der Waals surface area contributed by atoms with E-state index in [1.54, 1.807) is 18.4 Å². The predicted molar refractivity (Wildman–Crippen MR) is 132 cm³/mol. The normalized spacial score (nSPS) is 13.1. The number of carbonyl (C=O) groups excluding carboxylic acids is 4. The van der Waals surface area contributed by atoms with Gasteiger partial charge in [-0.2, -0.15) is 0 Å². The Balaban J connectivity index is 1.84. The third-order valence-corrected chi connectivity index (χ3v) is 6.04. The fourth-order valence-electron chi connectivity index (χ4n) is 4.16. The summed E-state index contributed by atoms with van der Waals surface area (Å²) in [5.41, 5.74) is 1.48. The molecule has 2 atom stereocenters. The molecule has 0 spiro atoms. The zero-order valence-electron chi connectivity index (χ0n) is 20.3. The first-order valence-electron chi connectivity index (χ1n) is 11.8. The van der Waals surface area contributed by atoms with Crippen LogP contribution in [0.5, 0.6) is 0 Å². The Labute approximate surface area is 203 Å². The molecule has 35 heavy (non-hydrogen) atoms. The topological polar surface area (TPSA) is 94.5 Å². The Morgan fingerprint density at radius 2 is 1.51 bits per heavy atom. The van der Waals surface area contributed by atoms with Gasteiger partial charge in [-0.15, -0.1) is 0 Å². The van der Waals surface area contributed by atoms with Crippen LogP contribution in [0.25, 0.3) is 21.8 Å². The molecule has 0 saturated carbocycles. The first-order chi connectivity index (χ1) is 16.8. The zero-order valence-corrected chi connectivity index (χ0v) is 20.3. The van der Waals surface area contributed by atoms with Gasteiger partial charge in [-0.1, -0.05) is 57.2 Å². The zero-order chi connectivity index (χ0) is 25.5. The van der Waals surface area contributed by atoms with Crippen LogP contribution < -0.4 is 5.32 Å². The van der Waals surface area contributed by atoms with Crippen molar-refractivity contribution in [3.05, 3.63) is 48.5 Å². The second-order valence-electron chi connectivity index (χ2n) is 8.90. The van der Waals surface area contributed by atoms with E-state index in [2.05, 4.69) is 5.32 Å². The molecule has 0 aliphatic heterocycles. The smallest absolute Gasteiger partial charge is 0.308 e. The van der Waals surface area contributed by atoms with Crippen LogP contribution in [0.3, 0.4) is 0 Å². The van der Waals surface area contributed by atoms with Gasteiger partial charge in [0.25, 0.3) is 0 Å². The van der Waals surface area contributed by atoms with Crippen molar-refractivity contribution >= 4 is 45.4 Å². The van der Waals surface area contributed by atoms with Crippen molar-refractivity contribution < 1.29 is 28.3 Å². The number of esters is 1. The maximum absolute atomic E-state index is 13.5. The summed E-state index contributed by atoms with van der Waals surface area (Å²) in [5.74, 6) is -3.50. The Morgan fingerprint density at radius 3 is 2.03 bits per heavy atom. The molecule has 0 radical (unpaired) electrons. The number of nitrogens with zero attached hydrogens (tertiary/aromatic N) is 1. The molecule has 3 rings (SSSR count). The van der Waals surface area contributed by atoms with Crippen LogP contribution >= 0.6 is 0 Å². The van der Waals surface area contributed by atoms with E-state index >= 15 is 0 Å². The summed E-state index contributed by atoms with van der Waals surface area (Å²) in [4.78, 5) is 50.7. The van der Waals surface area contributed by atoms with Gasteiger partial charge in [0.2, 0.25) is 11.8 Å². The van der Waals surface area contributed by atoms with Gasteiger partial charge in [-0.05, 0) is 24.5 Å². The molecule has 0 aliphatic rings. The molecule has 1 unspecified atom stereocenters. The summed E-state index contributed by atoms with van der Waals surface area (Å²) in [5, 5.41) is 4.35. The van der Waals surface area contributed by atoms with Gasteiger partial charge in [-0.3, -0.25) is 23.7 Å². The van der Waals surface area contributed by atoms with Crippen molar-refractivity contribution in [2.24, 2.45) is 11.8 Å². The monoisotopic (exact) mass is 482 g/mol. The van der Waals surface area contributed by atoms with Crippen molar-refractivity contribution in [1.29, 1.82) is 0 Å². The molecule has 1 amide bonds. The number of carbonyl (C=O) groups is 4. The number of hydrogen-bond donors (Lipinski definition) is 1. The molecule has 3 aromatic rings. The second-order valence-corrected chi connectivity index (χ2v) is 8.90. The summed E-state index contributed by atoms with van der Waals surface area (Å²) in [7, 11) is 0. The number of rotatable bonds is 11. The standard InChI is InChI=1S/C27H31FN2O5/c1-4-13-35-26(33)15-21(24(31)16-28)29-27(34)20(17(2)3)14-25(32)30-22-11-7-5-9-18(22)19-10-6-8-12-23(19)30/h5-12,17,20-21H,4,13-16H2,1-3H3,(H,29,34)/t20-,21?/m1/s1. The third kappa shape index (κ3) is 5.93. The second kappa shape index (κ2) is 11.7. The van der Waals surface area contributed by atoms with E-state index < -0.39 is 42.7 Å². The summed E-state index contributed by atoms with van der Waals surface area (Å²) in [6.07, 6.45) is 0.0171. The van der Waals surface area contributed by atoms with Crippen molar-refractivity contribution in [3.63, 3.8) is 0 Å². The van der Waals surface area contributed by atoms with Crippen LogP contribution in [0.1, 0.15) is 44.8 Å². The van der Waals surface area contributed by atoms with E-state index in [4.69, 9.17) is 4.74 Å². The molecular formula is C27H31FN2O5. The number of benzene rings is 2. The van der Waals surface area contributed by atoms with Gasteiger partial charge in [0.15, 0.2) is 5.78 Å². The van der Waals surface area contributed by atoms with E-state index in [9.17, 15) is 23.6 Å². The molecule has 0 fully saturated rings. The molecule has 7 nitrogen and oxygen atoms in total. The minimum Gasteiger partial charge on any atom is -0.466 e. The molecule has 0 saturated heterocycles. The summed E-state index contributed by atoms with van der Waals surface area (Å²) in [6, 6.07) is 13.8. The molecule has 2 aromatic carbocycles. The Hall–Kier alpha value is -3.55. The number of hydrogen-bond acceptors (Lipinski definition) is 5. The highest BCUT2D eigenvalue weighted by atomic mass is 19.1. The van der Waals surface area contributed by atoms with Crippen LogP contribution in [0.2, 0.25) is 0 Å². The molecule has 1 aromatic heterocycles. The quantitative estimate of drug-likeness (QED) is 0.407. The van der Waals surface area contributed by atoms with Gasteiger partial charge in [0.1, 0.15) is 12.7 Å². The predicted octanol–water partition coefficient (Wildman–Crippen LogP) is 4.46. The minimum atomic E-state index is -1.35. The lowest BCUT2D eigenvalue weighted by molar-refractivity contribution is -0.146. The number of nitrogens with one attached hydrogen (secondary N) is 1. The number of halogens is 1. The van der Waals surface area contributed by atoms with Crippen LogP contribution in [-0.2, 0) is 19.1 Å². The number of amides is 1. The fourth-order valence-corrected chi connectivity index (χ4v) is 4.16. The summed E-state index contributed by atoms with van der Waals surface area (Å²) < 4.78 is 19.7. The highest BCUT2D eigenvalue weighted by molar-refractivity contribution is 6.13. The van der Waals surface area contributed by atoms with Crippen molar-refractivity contribution in [2.45, 2.75) is 46.1 Å². The minimum absolute atomic E-state index is 0.122.